The van der Waals surface area contributed by atoms with Crippen molar-refractivity contribution in [2.24, 2.45) is 0 Å². The van der Waals surface area contributed by atoms with Crippen molar-refractivity contribution < 1.29 is 14.6 Å². The molecule has 0 aliphatic heterocycles. The van der Waals surface area contributed by atoms with Gasteiger partial charge in [0, 0.05) is 7.11 Å². The van der Waals surface area contributed by atoms with E-state index in [-0.39, 0.29) is 5.60 Å². The standard InChI is InChI=1S/C10H18O3/c1-9(2,3)13-8-6-7(11)10(8,4)12-5/h6-7,11H,1-5H3. The minimum Gasteiger partial charge on any atom is -0.490 e. The zero-order chi connectivity index (χ0) is 10.3. The van der Waals surface area contributed by atoms with Crippen molar-refractivity contribution >= 4 is 0 Å². The average molecular weight is 186 g/mol. The van der Waals surface area contributed by atoms with Gasteiger partial charge >= 0.3 is 0 Å². The summed E-state index contributed by atoms with van der Waals surface area (Å²) in [5, 5.41) is 9.45. The van der Waals surface area contributed by atoms with E-state index >= 15 is 0 Å². The normalized spacial score (nSPS) is 33.7. The molecular weight excluding hydrogens is 168 g/mol. The molecule has 0 bridgehead atoms. The molecule has 1 aliphatic rings. The fourth-order valence-corrected chi connectivity index (χ4v) is 1.20. The van der Waals surface area contributed by atoms with Gasteiger partial charge in [0.15, 0.2) is 5.60 Å². The lowest BCUT2D eigenvalue weighted by Gasteiger charge is -2.43. The van der Waals surface area contributed by atoms with Crippen molar-refractivity contribution in [1.82, 2.24) is 0 Å². The van der Waals surface area contributed by atoms with Gasteiger partial charge in [-0.15, -0.1) is 0 Å². The lowest BCUT2D eigenvalue weighted by Crippen LogP contribution is -2.51. The molecule has 0 heterocycles. The first-order valence-electron chi connectivity index (χ1n) is 4.44. The van der Waals surface area contributed by atoms with Crippen molar-refractivity contribution in [1.29, 1.82) is 0 Å². The van der Waals surface area contributed by atoms with E-state index in [1.807, 2.05) is 27.7 Å². The van der Waals surface area contributed by atoms with E-state index in [0.29, 0.717) is 0 Å². The molecule has 13 heavy (non-hydrogen) atoms. The Bertz CT molecular complexity index is 227. The van der Waals surface area contributed by atoms with Gasteiger partial charge in [-0.3, -0.25) is 0 Å². The van der Waals surface area contributed by atoms with Crippen LogP contribution in [0.25, 0.3) is 0 Å². The summed E-state index contributed by atoms with van der Waals surface area (Å²) in [6.07, 6.45) is 1.12. The molecule has 1 aliphatic carbocycles. The summed E-state index contributed by atoms with van der Waals surface area (Å²) in [5.74, 6) is 0.718. The molecule has 1 N–H and O–H groups in total. The number of hydrogen-bond acceptors (Lipinski definition) is 3. The van der Waals surface area contributed by atoms with E-state index in [2.05, 4.69) is 0 Å². The van der Waals surface area contributed by atoms with Gasteiger partial charge in [-0.05, 0) is 33.8 Å². The van der Waals surface area contributed by atoms with E-state index in [4.69, 9.17) is 9.47 Å². The van der Waals surface area contributed by atoms with Crippen LogP contribution in [0.2, 0.25) is 0 Å². The van der Waals surface area contributed by atoms with E-state index in [1.54, 1.807) is 13.2 Å². The van der Waals surface area contributed by atoms with Gasteiger partial charge in [0.25, 0.3) is 0 Å². The monoisotopic (exact) mass is 186 g/mol. The highest BCUT2D eigenvalue weighted by Gasteiger charge is 2.47. The first kappa shape index (κ1) is 10.5. The predicted octanol–water partition coefficient (Wildman–Crippen LogP) is 1.47. The van der Waals surface area contributed by atoms with Crippen LogP contribution in [0.15, 0.2) is 11.8 Å². The summed E-state index contributed by atoms with van der Waals surface area (Å²) in [7, 11) is 1.57. The summed E-state index contributed by atoms with van der Waals surface area (Å²) in [6.45, 7) is 7.72. The van der Waals surface area contributed by atoms with Crippen LogP contribution in [0.4, 0.5) is 0 Å². The molecule has 76 valence electrons. The third kappa shape index (κ3) is 1.86. The Morgan fingerprint density at radius 2 is 2.00 bits per heavy atom. The molecule has 0 aromatic carbocycles. The maximum Gasteiger partial charge on any atom is 0.151 e. The second-order valence-corrected chi connectivity index (χ2v) is 4.50. The molecule has 2 unspecified atom stereocenters. The third-order valence-corrected chi connectivity index (χ3v) is 2.20. The lowest BCUT2D eigenvalue weighted by molar-refractivity contribution is -0.126. The largest absolute Gasteiger partial charge is 0.490 e. The molecule has 1 rings (SSSR count). The minimum absolute atomic E-state index is 0.244. The Morgan fingerprint density at radius 3 is 2.31 bits per heavy atom. The summed E-state index contributed by atoms with van der Waals surface area (Å²) >= 11 is 0. The van der Waals surface area contributed by atoms with Gasteiger partial charge in [-0.25, -0.2) is 0 Å². The molecule has 0 saturated heterocycles. The Morgan fingerprint density at radius 1 is 1.46 bits per heavy atom. The van der Waals surface area contributed by atoms with Crippen molar-refractivity contribution in [3.8, 4) is 0 Å². The topological polar surface area (TPSA) is 38.7 Å². The molecule has 2 atom stereocenters. The minimum atomic E-state index is -0.659. The highest BCUT2D eigenvalue weighted by molar-refractivity contribution is 5.28. The van der Waals surface area contributed by atoms with Crippen LogP contribution in [0.3, 0.4) is 0 Å². The fraction of sp³-hybridized carbons (Fsp3) is 0.800. The van der Waals surface area contributed by atoms with E-state index in [0.717, 1.165) is 5.76 Å². The molecule has 0 fully saturated rings. The summed E-state index contributed by atoms with van der Waals surface area (Å²) < 4.78 is 10.8. The summed E-state index contributed by atoms with van der Waals surface area (Å²) in [5.41, 5.74) is -0.904. The summed E-state index contributed by atoms with van der Waals surface area (Å²) in [6, 6.07) is 0. The van der Waals surface area contributed by atoms with Crippen molar-refractivity contribution in [3.63, 3.8) is 0 Å². The van der Waals surface area contributed by atoms with Crippen molar-refractivity contribution in [3.05, 3.63) is 11.8 Å². The first-order chi connectivity index (χ1) is 5.79. The fourth-order valence-electron chi connectivity index (χ4n) is 1.20. The first-order valence-corrected chi connectivity index (χ1v) is 4.44. The van der Waals surface area contributed by atoms with Crippen molar-refractivity contribution in [2.75, 3.05) is 7.11 Å². The SMILES string of the molecule is COC1(C)C(OC(C)(C)C)=CC1O. The van der Waals surface area contributed by atoms with Crippen LogP contribution in [-0.4, -0.2) is 29.5 Å². The Kier molecular flexibility index (Phi) is 2.43. The number of hydrogen-bond donors (Lipinski definition) is 1. The zero-order valence-electron chi connectivity index (χ0n) is 8.92. The van der Waals surface area contributed by atoms with Crippen LogP contribution in [0.5, 0.6) is 0 Å². The molecule has 0 saturated carbocycles. The third-order valence-electron chi connectivity index (χ3n) is 2.20. The highest BCUT2D eigenvalue weighted by Crippen LogP contribution is 2.38. The second kappa shape index (κ2) is 3.00. The van der Waals surface area contributed by atoms with E-state index in [9.17, 15) is 5.11 Å². The molecule has 0 aromatic rings. The molecule has 0 amide bonds. The van der Waals surface area contributed by atoms with Gasteiger partial charge in [-0.2, -0.15) is 0 Å². The second-order valence-electron chi connectivity index (χ2n) is 4.50. The van der Waals surface area contributed by atoms with E-state index < -0.39 is 11.7 Å². The molecule has 0 radical (unpaired) electrons. The Hall–Kier alpha value is -0.540. The molecule has 3 heteroatoms. The van der Waals surface area contributed by atoms with E-state index in [1.165, 1.54) is 0 Å². The number of aliphatic hydroxyl groups excluding tert-OH is 1. The molecule has 0 aromatic heterocycles. The number of methoxy groups -OCH3 is 1. The maximum atomic E-state index is 9.45. The highest BCUT2D eigenvalue weighted by atomic mass is 16.6. The number of ether oxygens (including phenoxy) is 2. The molecule has 0 spiro atoms. The van der Waals surface area contributed by atoms with Gasteiger partial charge in [0.2, 0.25) is 0 Å². The predicted molar refractivity (Wildman–Crippen MR) is 50.3 cm³/mol. The zero-order valence-corrected chi connectivity index (χ0v) is 8.92. The van der Waals surface area contributed by atoms with Crippen molar-refractivity contribution in [2.45, 2.75) is 45.0 Å². The van der Waals surface area contributed by atoms with Gasteiger partial charge in [0.1, 0.15) is 17.5 Å². The Labute approximate surface area is 79.3 Å². The number of aliphatic hydroxyl groups is 1. The maximum absolute atomic E-state index is 9.45. The molecule has 3 nitrogen and oxygen atoms in total. The van der Waals surface area contributed by atoms with Gasteiger partial charge in [-0.1, -0.05) is 0 Å². The van der Waals surface area contributed by atoms with Crippen LogP contribution in [0.1, 0.15) is 27.7 Å². The number of rotatable bonds is 2. The lowest BCUT2D eigenvalue weighted by atomic mass is 9.84. The average Bonchev–Trinajstić information content (AvgIpc) is 2.00. The van der Waals surface area contributed by atoms with Crippen LogP contribution in [-0.2, 0) is 9.47 Å². The Balaban J connectivity index is 2.70. The van der Waals surface area contributed by atoms with Gasteiger partial charge in [0.05, 0.1) is 0 Å². The van der Waals surface area contributed by atoms with Crippen LogP contribution >= 0.6 is 0 Å². The molecular formula is C10H18O3. The quantitative estimate of drug-likeness (QED) is 0.709. The van der Waals surface area contributed by atoms with Gasteiger partial charge < -0.3 is 14.6 Å². The summed E-state index contributed by atoms with van der Waals surface area (Å²) in [4.78, 5) is 0. The van der Waals surface area contributed by atoms with Crippen LogP contribution < -0.4 is 0 Å². The van der Waals surface area contributed by atoms with Crippen LogP contribution in [0, 0.1) is 0 Å². The smallest absolute Gasteiger partial charge is 0.151 e.